The highest BCUT2D eigenvalue weighted by Gasteiger charge is 2.23. The van der Waals surface area contributed by atoms with Gasteiger partial charge in [0.2, 0.25) is 5.91 Å². The Kier molecular flexibility index (Phi) is 5.90. The molecule has 1 aromatic rings. The highest BCUT2D eigenvalue weighted by Crippen LogP contribution is 2.23. The fourth-order valence-electron chi connectivity index (χ4n) is 2.99. The second-order valence-corrected chi connectivity index (χ2v) is 5.64. The van der Waals surface area contributed by atoms with E-state index in [1.54, 1.807) is 12.1 Å². The first kappa shape index (κ1) is 15.7. The van der Waals surface area contributed by atoms with Crippen molar-refractivity contribution >= 4 is 11.6 Å². The largest absolute Gasteiger partial charge is 0.493 e. The molecule has 2 N–H and O–H groups in total. The Balaban J connectivity index is 1.78. The van der Waals surface area contributed by atoms with Crippen LogP contribution in [-0.4, -0.2) is 30.0 Å². The molecule has 0 unspecified atom stereocenters. The number of nitrogens with zero attached hydrogens (tertiary/aromatic N) is 1. The molecule has 0 radical (unpaired) electrons. The van der Waals surface area contributed by atoms with Gasteiger partial charge in [-0.15, -0.1) is 0 Å². The number of benzene rings is 1. The second-order valence-electron chi connectivity index (χ2n) is 5.64. The summed E-state index contributed by atoms with van der Waals surface area (Å²) in [6.07, 6.45) is 6.54. The molecule has 1 aliphatic rings. The molecule has 0 heterocycles. The molecule has 1 aliphatic carbocycles. The Morgan fingerprint density at radius 2 is 1.90 bits per heavy atom. The molecule has 0 aromatic heterocycles. The molecule has 4 heteroatoms. The summed E-state index contributed by atoms with van der Waals surface area (Å²) in [7, 11) is 0. The lowest BCUT2D eigenvalue weighted by Crippen LogP contribution is -2.41. The predicted molar refractivity (Wildman–Crippen MR) is 85.2 cm³/mol. The first-order valence-electron chi connectivity index (χ1n) is 7.98. The number of hydrogen-bond donors (Lipinski definition) is 1. The van der Waals surface area contributed by atoms with Crippen molar-refractivity contribution in [3.8, 4) is 5.75 Å². The minimum atomic E-state index is 0.208. The summed E-state index contributed by atoms with van der Waals surface area (Å²) in [6.45, 7) is 3.28. The van der Waals surface area contributed by atoms with E-state index >= 15 is 0 Å². The van der Waals surface area contributed by atoms with E-state index in [-0.39, 0.29) is 5.91 Å². The maximum absolute atomic E-state index is 12.3. The van der Waals surface area contributed by atoms with Crippen LogP contribution in [0.1, 0.15) is 45.4 Å². The molecule has 0 atom stereocenters. The van der Waals surface area contributed by atoms with Gasteiger partial charge in [0.25, 0.3) is 0 Å². The van der Waals surface area contributed by atoms with E-state index in [2.05, 4.69) is 6.92 Å². The molecule has 0 saturated heterocycles. The van der Waals surface area contributed by atoms with E-state index in [1.807, 2.05) is 17.0 Å². The molecule has 116 valence electrons. The fraction of sp³-hybridized carbons (Fsp3) is 0.588. The monoisotopic (exact) mass is 290 g/mol. The molecule has 0 aliphatic heterocycles. The Hall–Kier alpha value is -1.71. The van der Waals surface area contributed by atoms with Crippen molar-refractivity contribution in [1.82, 2.24) is 4.90 Å². The van der Waals surface area contributed by atoms with Crippen LogP contribution in [0.15, 0.2) is 24.3 Å². The van der Waals surface area contributed by atoms with Crippen molar-refractivity contribution in [3.05, 3.63) is 24.3 Å². The molecule has 0 bridgehead atoms. The van der Waals surface area contributed by atoms with Gasteiger partial charge in [-0.1, -0.05) is 19.3 Å². The van der Waals surface area contributed by atoms with Crippen molar-refractivity contribution in [3.63, 3.8) is 0 Å². The van der Waals surface area contributed by atoms with Crippen molar-refractivity contribution in [2.24, 2.45) is 0 Å². The van der Waals surface area contributed by atoms with Gasteiger partial charge >= 0.3 is 0 Å². The Morgan fingerprint density at radius 1 is 1.24 bits per heavy atom. The molecule has 0 spiro atoms. The molecular weight excluding hydrogens is 264 g/mol. The Bertz CT molecular complexity index is 439. The number of ether oxygens (including phenoxy) is 1. The van der Waals surface area contributed by atoms with Gasteiger partial charge in [-0.3, -0.25) is 4.79 Å². The number of rotatable bonds is 6. The van der Waals surface area contributed by atoms with E-state index in [9.17, 15) is 4.79 Å². The summed E-state index contributed by atoms with van der Waals surface area (Å²) in [6, 6.07) is 7.71. The van der Waals surface area contributed by atoms with Crippen LogP contribution in [-0.2, 0) is 4.79 Å². The number of nitrogens with two attached hydrogens (primary N) is 1. The van der Waals surface area contributed by atoms with Gasteiger partial charge in [0.15, 0.2) is 0 Å². The van der Waals surface area contributed by atoms with E-state index in [1.165, 1.54) is 19.3 Å². The van der Waals surface area contributed by atoms with Crippen LogP contribution in [0.25, 0.3) is 0 Å². The van der Waals surface area contributed by atoms with Gasteiger partial charge in [-0.25, -0.2) is 0 Å². The zero-order chi connectivity index (χ0) is 15.1. The van der Waals surface area contributed by atoms with Crippen molar-refractivity contribution in [2.45, 2.75) is 51.5 Å². The van der Waals surface area contributed by atoms with Crippen LogP contribution in [0.2, 0.25) is 0 Å². The highest BCUT2D eigenvalue weighted by molar-refractivity contribution is 5.76. The lowest BCUT2D eigenvalue weighted by atomic mass is 9.94. The van der Waals surface area contributed by atoms with Gasteiger partial charge in [-0.2, -0.15) is 0 Å². The number of nitrogen functional groups attached to an aromatic ring is 1. The number of carbonyl (C=O) groups excluding carboxylic acids is 1. The van der Waals surface area contributed by atoms with Crippen molar-refractivity contribution in [2.75, 3.05) is 18.9 Å². The number of carbonyl (C=O) groups is 1. The van der Waals surface area contributed by atoms with Crippen LogP contribution in [0.5, 0.6) is 5.75 Å². The average molecular weight is 290 g/mol. The standard InChI is InChI=1S/C17H26N2O2/c1-2-19(15-6-4-3-5-7-15)17(20)12-13-21-16-10-8-14(18)9-11-16/h8-11,15H,2-7,12-13,18H2,1H3. The zero-order valence-electron chi connectivity index (χ0n) is 12.9. The molecule has 1 fully saturated rings. The first-order valence-corrected chi connectivity index (χ1v) is 7.98. The number of amides is 1. The molecule has 1 saturated carbocycles. The zero-order valence-corrected chi connectivity index (χ0v) is 12.9. The lowest BCUT2D eigenvalue weighted by molar-refractivity contribution is -0.134. The molecule has 4 nitrogen and oxygen atoms in total. The van der Waals surface area contributed by atoms with Crippen LogP contribution in [0.3, 0.4) is 0 Å². The summed E-state index contributed by atoms with van der Waals surface area (Å²) in [4.78, 5) is 14.4. The highest BCUT2D eigenvalue weighted by atomic mass is 16.5. The predicted octanol–water partition coefficient (Wildman–Crippen LogP) is 3.22. The van der Waals surface area contributed by atoms with Crippen molar-refractivity contribution < 1.29 is 9.53 Å². The number of hydrogen-bond acceptors (Lipinski definition) is 3. The normalized spacial score (nSPS) is 15.7. The van der Waals surface area contributed by atoms with Gasteiger partial charge < -0.3 is 15.4 Å². The van der Waals surface area contributed by atoms with Crippen LogP contribution in [0.4, 0.5) is 5.69 Å². The van der Waals surface area contributed by atoms with Crippen molar-refractivity contribution in [1.29, 1.82) is 0 Å². The minimum Gasteiger partial charge on any atom is -0.493 e. The third kappa shape index (κ3) is 4.66. The van der Waals surface area contributed by atoms with Gasteiger partial charge in [0, 0.05) is 18.3 Å². The molecule has 21 heavy (non-hydrogen) atoms. The summed E-state index contributed by atoms with van der Waals surface area (Å²) >= 11 is 0. The fourth-order valence-corrected chi connectivity index (χ4v) is 2.99. The van der Waals surface area contributed by atoms with Gasteiger partial charge in [0.1, 0.15) is 5.75 Å². The van der Waals surface area contributed by atoms with Gasteiger partial charge in [-0.05, 0) is 44.0 Å². The maximum Gasteiger partial charge on any atom is 0.226 e. The third-order valence-corrected chi connectivity index (χ3v) is 4.14. The SMILES string of the molecule is CCN(C(=O)CCOc1ccc(N)cc1)C1CCCCC1. The Morgan fingerprint density at radius 3 is 2.52 bits per heavy atom. The summed E-state index contributed by atoms with van der Waals surface area (Å²) in [5.41, 5.74) is 6.34. The third-order valence-electron chi connectivity index (χ3n) is 4.14. The smallest absolute Gasteiger partial charge is 0.226 e. The molecule has 1 amide bonds. The van der Waals surface area contributed by atoms with E-state index in [0.717, 1.165) is 25.1 Å². The topological polar surface area (TPSA) is 55.6 Å². The average Bonchev–Trinajstić information content (AvgIpc) is 2.51. The van der Waals surface area contributed by atoms with Crippen LogP contribution in [0, 0.1) is 0 Å². The molecule has 2 rings (SSSR count). The van der Waals surface area contributed by atoms with Gasteiger partial charge in [0.05, 0.1) is 13.0 Å². The summed E-state index contributed by atoms with van der Waals surface area (Å²) in [5.74, 6) is 0.970. The van der Waals surface area contributed by atoms with E-state index in [0.29, 0.717) is 24.8 Å². The van der Waals surface area contributed by atoms with E-state index in [4.69, 9.17) is 10.5 Å². The van der Waals surface area contributed by atoms with E-state index < -0.39 is 0 Å². The Labute approximate surface area is 127 Å². The summed E-state index contributed by atoms with van der Waals surface area (Å²) < 4.78 is 5.61. The van der Waals surface area contributed by atoms with Crippen LogP contribution >= 0.6 is 0 Å². The lowest BCUT2D eigenvalue weighted by Gasteiger charge is -2.33. The van der Waals surface area contributed by atoms with Crippen LogP contribution < -0.4 is 10.5 Å². The molecular formula is C17H26N2O2. The molecule has 1 aromatic carbocycles. The number of anilines is 1. The quantitative estimate of drug-likeness (QED) is 0.818. The second kappa shape index (κ2) is 7.91. The summed E-state index contributed by atoms with van der Waals surface area (Å²) in [5, 5.41) is 0. The minimum absolute atomic E-state index is 0.208. The maximum atomic E-state index is 12.3. The first-order chi connectivity index (χ1) is 10.2.